The highest BCUT2D eigenvalue weighted by atomic mass is 32.2. The number of sulfonamides is 1. The number of rotatable bonds is 6. The third-order valence-corrected chi connectivity index (χ3v) is 5.76. The first-order chi connectivity index (χ1) is 12.9. The summed E-state index contributed by atoms with van der Waals surface area (Å²) >= 11 is 0. The number of fused-ring (bicyclic) bond motifs is 1. The minimum Gasteiger partial charge on any atom is -0.311 e. The maximum absolute atomic E-state index is 13.0. The molecule has 2 aromatic carbocycles. The molecule has 0 atom stereocenters. The predicted octanol–water partition coefficient (Wildman–Crippen LogP) is 2.21. The number of anilines is 1. The Morgan fingerprint density at radius 1 is 1.15 bits per heavy atom. The van der Waals surface area contributed by atoms with Gasteiger partial charge in [-0.05, 0) is 31.2 Å². The monoisotopic (exact) mass is 389 g/mol. The predicted molar refractivity (Wildman–Crippen MR) is 109 cm³/mol. The number of likely N-dealkylation sites (tertiary alicyclic amines) is 1. The summed E-state index contributed by atoms with van der Waals surface area (Å²) in [7, 11) is -3.18. The molecule has 27 heavy (non-hydrogen) atoms. The lowest BCUT2D eigenvalue weighted by Crippen LogP contribution is -2.48. The van der Waals surface area contributed by atoms with Gasteiger partial charge in [0, 0.05) is 31.1 Å². The summed E-state index contributed by atoms with van der Waals surface area (Å²) in [5.74, 6) is 0.0726. The van der Waals surface area contributed by atoms with Crippen LogP contribution in [0.25, 0.3) is 10.8 Å². The molecule has 146 valence electrons. The Labute approximate surface area is 161 Å². The molecule has 1 heterocycles. The highest BCUT2D eigenvalue weighted by Crippen LogP contribution is 2.27. The molecule has 7 heteroatoms. The third kappa shape index (κ3) is 5.06. The summed E-state index contributed by atoms with van der Waals surface area (Å²) in [6.45, 7) is 4.38. The first-order valence-electron chi connectivity index (χ1n) is 9.35. The van der Waals surface area contributed by atoms with Gasteiger partial charge in [-0.3, -0.25) is 9.69 Å². The molecule has 1 fully saturated rings. The van der Waals surface area contributed by atoms with Crippen molar-refractivity contribution in [3.05, 3.63) is 42.5 Å². The van der Waals surface area contributed by atoms with Gasteiger partial charge in [0.2, 0.25) is 15.9 Å². The third-order valence-electron chi connectivity index (χ3n) is 5.00. The summed E-state index contributed by atoms with van der Waals surface area (Å²) in [5.41, 5.74) is 0.939. The second-order valence-electron chi connectivity index (χ2n) is 7.08. The molecule has 1 amide bonds. The number of nitrogens with zero attached hydrogens (tertiary/aromatic N) is 2. The van der Waals surface area contributed by atoms with E-state index in [9.17, 15) is 13.2 Å². The van der Waals surface area contributed by atoms with Crippen LogP contribution in [0, 0.1) is 0 Å². The van der Waals surface area contributed by atoms with Gasteiger partial charge in [0.15, 0.2) is 0 Å². The van der Waals surface area contributed by atoms with Gasteiger partial charge in [-0.15, -0.1) is 0 Å². The first kappa shape index (κ1) is 19.8. The van der Waals surface area contributed by atoms with E-state index in [1.54, 1.807) is 0 Å². The van der Waals surface area contributed by atoms with Crippen LogP contribution in [0.5, 0.6) is 0 Å². The van der Waals surface area contributed by atoms with Crippen molar-refractivity contribution < 1.29 is 13.2 Å². The van der Waals surface area contributed by atoms with E-state index < -0.39 is 10.0 Å². The lowest BCUT2D eigenvalue weighted by atomic mass is 10.1. The average Bonchev–Trinajstić information content (AvgIpc) is 2.63. The molecule has 1 aliphatic heterocycles. The lowest BCUT2D eigenvalue weighted by Gasteiger charge is -2.33. The number of nitrogens with one attached hydrogen (secondary N) is 1. The molecule has 1 aliphatic rings. The number of hydrogen-bond acceptors (Lipinski definition) is 4. The van der Waals surface area contributed by atoms with Gasteiger partial charge in [0.05, 0.1) is 18.5 Å². The quantitative estimate of drug-likeness (QED) is 0.822. The van der Waals surface area contributed by atoms with Crippen LogP contribution in [0.15, 0.2) is 42.5 Å². The number of amides is 1. The maximum atomic E-state index is 13.0. The number of likely N-dealkylation sites (N-methyl/N-ethyl adjacent to an activating group) is 1. The van der Waals surface area contributed by atoms with E-state index in [0.717, 1.165) is 29.3 Å². The SMILES string of the molecule is CCN(C(=O)CN1CCC(NS(C)(=O)=O)CC1)c1cccc2ccccc12. The van der Waals surface area contributed by atoms with Crippen LogP contribution in [0.4, 0.5) is 5.69 Å². The zero-order valence-corrected chi connectivity index (χ0v) is 16.7. The van der Waals surface area contributed by atoms with Gasteiger partial charge < -0.3 is 4.90 Å². The Kier molecular flexibility index (Phi) is 6.14. The Balaban J connectivity index is 1.66. The van der Waals surface area contributed by atoms with E-state index in [1.165, 1.54) is 6.26 Å². The molecule has 0 aliphatic carbocycles. The van der Waals surface area contributed by atoms with E-state index in [-0.39, 0.29) is 11.9 Å². The standard InChI is InChI=1S/C20H27N3O3S/c1-3-23(19-10-6-8-16-7-4-5-9-18(16)19)20(24)15-22-13-11-17(12-14-22)21-27(2,25)26/h4-10,17,21H,3,11-15H2,1-2H3. The minimum absolute atomic E-state index is 0.0355. The smallest absolute Gasteiger partial charge is 0.241 e. The van der Waals surface area contributed by atoms with E-state index in [4.69, 9.17) is 0 Å². The van der Waals surface area contributed by atoms with Crippen molar-refractivity contribution in [3.8, 4) is 0 Å². The van der Waals surface area contributed by atoms with Gasteiger partial charge >= 0.3 is 0 Å². The van der Waals surface area contributed by atoms with Crippen molar-refractivity contribution in [1.29, 1.82) is 0 Å². The zero-order valence-electron chi connectivity index (χ0n) is 15.9. The van der Waals surface area contributed by atoms with Gasteiger partial charge in [0.1, 0.15) is 0 Å². The number of carbonyl (C=O) groups excluding carboxylic acids is 1. The fourth-order valence-corrected chi connectivity index (χ4v) is 4.55. The first-order valence-corrected chi connectivity index (χ1v) is 11.2. The van der Waals surface area contributed by atoms with Crippen LogP contribution >= 0.6 is 0 Å². The van der Waals surface area contributed by atoms with E-state index >= 15 is 0 Å². The summed E-state index contributed by atoms with van der Waals surface area (Å²) < 4.78 is 25.4. The Morgan fingerprint density at radius 2 is 1.81 bits per heavy atom. The highest BCUT2D eigenvalue weighted by Gasteiger charge is 2.25. The molecule has 6 nitrogen and oxygen atoms in total. The normalized spacial score (nSPS) is 16.5. The average molecular weight is 390 g/mol. The maximum Gasteiger partial charge on any atom is 0.241 e. The lowest BCUT2D eigenvalue weighted by molar-refractivity contribution is -0.120. The molecule has 0 radical (unpaired) electrons. The van der Waals surface area contributed by atoms with Crippen molar-refractivity contribution in [3.63, 3.8) is 0 Å². The molecule has 1 N–H and O–H groups in total. The fourth-order valence-electron chi connectivity index (χ4n) is 3.71. The molecule has 0 spiro atoms. The van der Waals surface area contributed by atoms with Crippen LogP contribution in [0.2, 0.25) is 0 Å². The van der Waals surface area contributed by atoms with Gasteiger partial charge in [-0.2, -0.15) is 0 Å². The highest BCUT2D eigenvalue weighted by molar-refractivity contribution is 7.88. The summed E-state index contributed by atoms with van der Waals surface area (Å²) in [6, 6.07) is 14.1. The largest absolute Gasteiger partial charge is 0.311 e. The molecular formula is C20H27N3O3S. The molecule has 0 saturated carbocycles. The van der Waals surface area contributed by atoms with Crippen LogP contribution in [-0.4, -0.2) is 57.7 Å². The molecule has 3 rings (SSSR count). The molecule has 0 aromatic heterocycles. The minimum atomic E-state index is -3.18. The van der Waals surface area contributed by atoms with Crippen LogP contribution < -0.4 is 9.62 Å². The Bertz CT molecular complexity index is 900. The molecule has 0 bridgehead atoms. The summed E-state index contributed by atoms with van der Waals surface area (Å²) in [5, 5.41) is 2.19. The summed E-state index contributed by atoms with van der Waals surface area (Å²) in [4.78, 5) is 16.9. The van der Waals surface area contributed by atoms with Crippen molar-refractivity contribution in [2.45, 2.75) is 25.8 Å². The zero-order chi connectivity index (χ0) is 19.4. The van der Waals surface area contributed by atoms with E-state index in [0.29, 0.717) is 26.2 Å². The van der Waals surface area contributed by atoms with Crippen molar-refractivity contribution in [2.75, 3.05) is 37.3 Å². The number of carbonyl (C=O) groups is 1. The van der Waals surface area contributed by atoms with Crippen molar-refractivity contribution >= 4 is 32.4 Å². The van der Waals surface area contributed by atoms with Crippen LogP contribution in [0.1, 0.15) is 19.8 Å². The summed E-state index contributed by atoms with van der Waals surface area (Å²) in [6.07, 6.45) is 2.63. The van der Waals surface area contributed by atoms with Crippen molar-refractivity contribution in [1.82, 2.24) is 9.62 Å². The molecule has 0 unspecified atom stereocenters. The van der Waals surface area contributed by atoms with Gasteiger partial charge in [-0.1, -0.05) is 36.4 Å². The molecular weight excluding hydrogens is 362 g/mol. The second-order valence-corrected chi connectivity index (χ2v) is 8.86. The van der Waals surface area contributed by atoms with E-state index in [1.807, 2.05) is 42.2 Å². The van der Waals surface area contributed by atoms with Gasteiger partial charge in [-0.25, -0.2) is 13.1 Å². The number of piperidine rings is 1. The van der Waals surface area contributed by atoms with Gasteiger partial charge in [0.25, 0.3) is 0 Å². The Hall–Kier alpha value is -1.96. The van der Waals surface area contributed by atoms with Crippen LogP contribution in [0.3, 0.4) is 0 Å². The van der Waals surface area contributed by atoms with Crippen LogP contribution in [-0.2, 0) is 14.8 Å². The molecule has 2 aromatic rings. The fraction of sp³-hybridized carbons (Fsp3) is 0.450. The topological polar surface area (TPSA) is 69.7 Å². The van der Waals surface area contributed by atoms with Crippen molar-refractivity contribution in [2.24, 2.45) is 0 Å². The Morgan fingerprint density at radius 3 is 2.48 bits per heavy atom. The number of benzene rings is 2. The molecule has 1 saturated heterocycles. The number of hydrogen-bond donors (Lipinski definition) is 1. The van der Waals surface area contributed by atoms with E-state index in [2.05, 4.69) is 21.8 Å². The second kappa shape index (κ2) is 8.37.